The minimum Gasteiger partial charge on any atom is -0.494 e. The fraction of sp³-hybridized carbons (Fsp3) is 0.333. The van der Waals surface area contributed by atoms with Crippen LogP contribution in [0.2, 0.25) is 0 Å². The third kappa shape index (κ3) is 4.33. The summed E-state index contributed by atoms with van der Waals surface area (Å²) in [5.41, 5.74) is 0.694. The van der Waals surface area contributed by atoms with E-state index in [4.69, 9.17) is 4.74 Å². The molecule has 0 spiro atoms. The molecule has 0 radical (unpaired) electrons. The Hall–Kier alpha value is -2.49. The van der Waals surface area contributed by atoms with E-state index in [9.17, 15) is 13.2 Å². The van der Waals surface area contributed by atoms with Crippen molar-refractivity contribution in [3.63, 3.8) is 0 Å². The molecule has 1 aliphatic rings. The number of benzene rings is 2. The summed E-state index contributed by atoms with van der Waals surface area (Å²) in [5.74, 6) is 0.0711. The van der Waals surface area contributed by atoms with Crippen LogP contribution in [0.25, 0.3) is 10.1 Å². The first-order chi connectivity index (χ1) is 14.5. The molecule has 0 aliphatic carbocycles. The number of piperidine rings is 1. The standard InChI is InChI=1S/C21H23N3O4S2/c1-2-28-18-6-8-19(9-7-18)30(26,27)24-11-3-4-15(14-24)21(25)23-17-5-10-20-16(12-17)13-22-29-20/h5-10,12-13,15H,2-4,11,14H2,1H3,(H,23,25)/t15-/m1/s1. The van der Waals surface area contributed by atoms with Crippen molar-refractivity contribution >= 4 is 43.2 Å². The number of hydrogen-bond donors (Lipinski definition) is 1. The summed E-state index contributed by atoms with van der Waals surface area (Å²) < 4.78 is 38.1. The quantitative estimate of drug-likeness (QED) is 0.624. The van der Waals surface area contributed by atoms with Gasteiger partial charge in [-0.05, 0) is 73.8 Å². The van der Waals surface area contributed by atoms with Crippen molar-refractivity contribution in [2.75, 3.05) is 25.0 Å². The van der Waals surface area contributed by atoms with E-state index in [2.05, 4.69) is 9.69 Å². The van der Waals surface area contributed by atoms with Crippen molar-refractivity contribution in [1.29, 1.82) is 0 Å². The van der Waals surface area contributed by atoms with E-state index in [0.717, 1.165) is 10.1 Å². The second-order valence-corrected chi connectivity index (χ2v) is 9.95. The van der Waals surface area contributed by atoms with Crippen molar-refractivity contribution in [2.24, 2.45) is 5.92 Å². The molecule has 1 fully saturated rings. The first-order valence-electron chi connectivity index (χ1n) is 9.85. The summed E-state index contributed by atoms with van der Waals surface area (Å²) >= 11 is 1.40. The van der Waals surface area contributed by atoms with Crippen LogP contribution in [0.3, 0.4) is 0 Å². The molecule has 3 aromatic rings. The number of nitrogens with one attached hydrogen (secondary N) is 1. The Balaban J connectivity index is 1.45. The molecule has 1 amide bonds. The van der Waals surface area contributed by atoms with Crippen LogP contribution < -0.4 is 10.1 Å². The average molecular weight is 446 g/mol. The molecule has 0 bridgehead atoms. The van der Waals surface area contributed by atoms with Gasteiger partial charge in [-0.2, -0.15) is 8.68 Å². The number of amides is 1. The number of fused-ring (bicyclic) bond motifs is 1. The van der Waals surface area contributed by atoms with Gasteiger partial charge in [-0.3, -0.25) is 4.79 Å². The van der Waals surface area contributed by atoms with Gasteiger partial charge in [0.15, 0.2) is 0 Å². The molecule has 30 heavy (non-hydrogen) atoms. The maximum absolute atomic E-state index is 13.0. The minimum atomic E-state index is -3.66. The molecule has 1 N–H and O–H groups in total. The zero-order valence-corrected chi connectivity index (χ0v) is 18.2. The normalized spacial score (nSPS) is 17.7. The summed E-state index contributed by atoms with van der Waals surface area (Å²) in [6.45, 7) is 2.97. The first-order valence-corrected chi connectivity index (χ1v) is 12.1. The molecule has 2 heterocycles. The predicted octanol–water partition coefficient (Wildman–Crippen LogP) is 3.73. The summed E-state index contributed by atoms with van der Waals surface area (Å²) in [6.07, 6.45) is 3.06. The fourth-order valence-electron chi connectivity index (χ4n) is 3.59. The number of nitrogens with zero attached hydrogens (tertiary/aromatic N) is 2. The van der Waals surface area contributed by atoms with E-state index in [0.29, 0.717) is 37.4 Å². The first kappa shape index (κ1) is 20.8. The number of sulfonamides is 1. The lowest BCUT2D eigenvalue weighted by molar-refractivity contribution is -0.120. The third-order valence-electron chi connectivity index (χ3n) is 5.15. The van der Waals surface area contributed by atoms with Crippen molar-refractivity contribution in [1.82, 2.24) is 8.68 Å². The van der Waals surface area contributed by atoms with Gasteiger partial charge in [-0.25, -0.2) is 8.42 Å². The van der Waals surface area contributed by atoms with E-state index in [1.165, 1.54) is 15.8 Å². The number of ether oxygens (including phenoxy) is 1. The number of carbonyl (C=O) groups is 1. The molecular formula is C21H23N3O4S2. The molecule has 1 aromatic heterocycles. The lowest BCUT2D eigenvalue weighted by Gasteiger charge is -2.31. The molecule has 7 nitrogen and oxygen atoms in total. The van der Waals surface area contributed by atoms with Crippen LogP contribution in [0, 0.1) is 5.92 Å². The van der Waals surface area contributed by atoms with Crippen LogP contribution >= 0.6 is 11.5 Å². The Morgan fingerprint density at radius 2 is 2.07 bits per heavy atom. The van der Waals surface area contributed by atoms with Crippen LogP contribution in [-0.4, -0.2) is 42.7 Å². The lowest BCUT2D eigenvalue weighted by Crippen LogP contribution is -2.43. The Morgan fingerprint density at radius 1 is 1.27 bits per heavy atom. The van der Waals surface area contributed by atoms with Crippen LogP contribution in [0.5, 0.6) is 5.75 Å². The number of aromatic nitrogens is 1. The Kier molecular flexibility index (Phi) is 6.03. The Bertz CT molecular complexity index is 1140. The topological polar surface area (TPSA) is 88.6 Å². The second-order valence-electron chi connectivity index (χ2n) is 7.17. The number of anilines is 1. The highest BCUT2D eigenvalue weighted by molar-refractivity contribution is 7.89. The van der Waals surface area contributed by atoms with Gasteiger partial charge in [0.1, 0.15) is 5.75 Å². The van der Waals surface area contributed by atoms with Crippen LogP contribution in [0.15, 0.2) is 53.6 Å². The molecule has 4 rings (SSSR count). The van der Waals surface area contributed by atoms with E-state index in [1.807, 2.05) is 25.1 Å². The van der Waals surface area contributed by atoms with Crippen LogP contribution in [0.4, 0.5) is 5.69 Å². The molecule has 2 aromatic carbocycles. The number of rotatable bonds is 6. The zero-order valence-electron chi connectivity index (χ0n) is 16.6. The second kappa shape index (κ2) is 8.71. The summed E-state index contributed by atoms with van der Waals surface area (Å²) in [6, 6.07) is 12.1. The van der Waals surface area contributed by atoms with Crippen molar-refractivity contribution in [3.8, 4) is 5.75 Å². The van der Waals surface area contributed by atoms with Gasteiger partial charge < -0.3 is 10.1 Å². The molecule has 9 heteroatoms. The molecule has 158 valence electrons. The summed E-state index contributed by atoms with van der Waals surface area (Å²) in [5, 5.41) is 3.90. The third-order valence-corrected chi connectivity index (χ3v) is 7.81. The van der Waals surface area contributed by atoms with Crippen molar-refractivity contribution in [3.05, 3.63) is 48.7 Å². The van der Waals surface area contributed by atoms with Gasteiger partial charge in [-0.1, -0.05) is 0 Å². The SMILES string of the molecule is CCOc1ccc(S(=O)(=O)N2CCC[C@@H](C(=O)Nc3ccc4sncc4c3)C2)cc1. The predicted molar refractivity (Wildman–Crippen MR) is 117 cm³/mol. The minimum absolute atomic E-state index is 0.163. The van der Waals surface area contributed by atoms with Gasteiger partial charge in [0.2, 0.25) is 15.9 Å². The van der Waals surface area contributed by atoms with Gasteiger partial charge >= 0.3 is 0 Å². The smallest absolute Gasteiger partial charge is 0.243 e. The van der Waals surface area contributed by atoms with E-state index >= 15 is 0 Å². The molecule has 1 atom stereocenters. The monoisotopic (exact) mass is 445 g/mol. The lowest BCUT2D eigenvalue weighted by atomic mass is 9.98. The zero-order chi connectivity index (χ0) is 21.1. The maximum atomic E-state index is 13.0. The van der Waals surface area contributed by atoms with Gasteiger partial charge in [-0.15, -0.1) is 0 Å². The molecular weight excluding hydrogens is 422 g/mol. The highest BCUT2D eigenvalue weighted by Gasteiger charge is 2.33. The van der Waals surface area contributed by atoms with Crippen LogP contribution in [0.1, 0.15) is 19.8 Å². The van der Waals surface area contributed by atoms with Gasteiger partial charge in [0, 0.05) is 30.4 Å². The van der Waals surface area contributed by atoms with Gasteiger partial charge in [0.05, 0.1) is 22.1 Å². The molecule has 0 saturated carbocycles. The van der Waals surface area contributed by atoms with E-state index in [-0.39, 0.29) is 17.3 Å². The van der Waals surface area contributed by atoms with Crippen LogP contribution in [-0.2, 0) is 14.8 Å². The number of carbonyl (C=O) groups excluding carboxylic acids is 1. The largest absolute Gasteiger partial charge is 0.494 e. The van der Waals surface area contributed by atoms with Crippen molar-refractivity contribution in [2.45, 2.75) is 24.7 Å². The van der Waals surface area contributed by atoms with Crippen molar-refractivity contribution < 1.29 is 17.9 Å². The van der Waals surface area contributed by atoms with E-state index in [1.54, 1.807) is 30.5 Å². The molecule has 0 unspecified atom stereocenters. The fourth-order valence-corrected chi connectivity index (χ4v) is 5.74. The number of hydrogen-bond acceptors (Lipinski definition) is 6. The Labute approximate surface area is 179 Å². The summed E-state index contributed by atoms with van der Waals surface area (Å²) in [7, 11) is -3.66. The Morgan fingerprint density at radius 3 is 2.83 bits per heavy atom. The van der Waals surface area contributed by atoms with E-state index < -0.39 is 15.9 Å². The maximum Gasteiger partial charge on any atom is 0.243 e. The van der Waals surface area contributed by atoms with Gasteiger partial charge in [0.25, 0.3) is 0 Å². The highest BCUT2D eigenvalue weighted by Crippen LogP contribution is 2.27. The molecule has 1 aliphatic heterocycles. The average Bonchev–Trinajstić information content (AvgIpc) is 3.22. The molecule has 1 saturated heterocycles. The summed E-state index contributed by atoms with van der Waals surface area (Å²) in [4.78, 5) is 13.0. The highest BCUT2D eigenvalue weighted by atomic mass is 32.2.